The van der Waals surface area contributed by atoms with Crippen LogP contribution in [0.25, 0.3) is 0 Å². The van der Waals surface area contributed by atoms with Gasteiger partial charge in [0.05, 0.1) is 11.1 Å². The first-order valence-corrected chi connectivity index (χ1v) is 6.70. The van der Waals surface area contributed by atoms with Gasteiger partial charge in [0.15, 0.2) is 0 Å². The van der Waals surface area contributed by atoms with Crippen LogP contribution in [0.5, 0.6) is 11.5 Å². The van der Waals surface area contributed by atoms with Crippen LogP contribution in [-0.2, 0) is 0 Å². The van der Waals surface area contributed by atoms with Gasteiger partial charge in [0, 0.05) is 11.1 Å². The molecule has 0 amide bonds. The number of carbonyl (C=O) groups is 2. The average Bonchev–Trinajstić information content (AvgIpc) is 2.50. The first kappa shape index (κ1) is 16.1. The summed E-state index contributed by atoms with van der Waals surface area (Å²) in [6, 6.07) is 7.95. The van der Waals surface area contributed by atoms with Crippen molar-refractivity contribution in [1.82, 2.24) is 0 Å². The Labute approximate surface area is 133 Å². The van der Waals surface area contributed by atoms with Crippen molar-refractivity contribution in [2.45, 2.75) is 13.8 Å². The summed E-state index contributed by atoms with van der Waals surface area (Å²) in [5, 5.41) is 18.6. The van der Waals surface area contributed by atoms with Crippen LogP contribution in [0.2, 0.25) is 0 Å². The number of carboxylic acid groups (broad SMARTS) is 2. The maximum atomic E-state index is 11.4. The van der Waals surface area contributed by atoms with Gasteiger partial charge in [-0.2, -0.15) is 0 Å². The SMILES string of the molecule is C#Cc1ccc(Oc2cc(C(=O)O)c(C)c(C(=O)O)c2C)cc1. The zero-order valence-electron chi connectivity index (χ0n) is 12.6. The Morgan fingerprint density at radius 1 is 1.04 bits per heavy atom. The Kier molecular flexibility index (Phi) is 4.37. The smallest absolute Gasteiger partial charge is 0.336 e. The largest absolute Gasteiger partial charge is 0.478 e. The molecule has 0 atom stereocenters. The van der Waals surface area contributed by atoms with E-state index >= 15 is 0 Å². The Balaban J connectivity index is 2.55. The van der Waals surface area contributed by atoms with Crippen LogP contribution in [0, 0.1) is 26.2 Å². The summed E-state index contributed by atoms with van der Waals surface area (Å²) in [5.74, 6) is 0.678. The average molecular weight is 310 g/mol. The van der Waals surface area contributed by atoms with E-state index < -0.39 is 11.9 Å². The van der Waals surface area contributed by atoms with Gasteiger partial charge in [0.1, 0.15) is 11.5 Å². The van der Waals surface area contributed by atoms with Gasteiger partial charge in [-0.25, -0.2) is 9.59 Å². The van der Waals surface area contributed by atoms with Crippen molar-refractivity contribution < 1.29 is 24.5 Å². The molecule has 0 aliphatic heterocycles. The molecule has 5 nitrogen and oxygen atoms in total. The minimum absolute atomic E-state index is 0.0693. The lowest BCUT2D eigenvalue weighted by molar-refractivity contribution is 0.0695. The molecule has 0 radical (unpaired) electrons. The van der Waals surface area contributed by atoms with E-state index in [1.165, 1.54) is 13.0 Å². The predicted molar refractivity (Wildman–Crippen MR) is 84.3 cm³/mol. The molecule has 0 aliphatic rings. The van der Waals surface area contributed by atoms with Crippen molar-refractivity contribution in [2.75, 3.05) is 0 Å². The fraction of sp³-hybridized carbons (Fsp3) is 0.111. The van der Waals surface area contributed by atoms with Crippen LogP contribution in [0.4, 0.5) is 0 Å². The Morgan fingerprint density at radius 2 is 1.65 bits per heavy atom. The fourth-order valence-corrected chi connectivity index (χ4v) is 2.28. The molecular weight excluding hydrogens is 296 g/mol. The molecule has 2 aromatic rings. The molecule has 5 heteroatoms. The molecule has 2 N–H and O–H groups in total. The first-order valence-electron chi connectivity index (χ1n) is 6.70. The topological polar surface area (TPSA) is 83.8 Å². The number of hydrogen-bond acceptors (Lipinski definition) is 3. The van der Waals surface area contributed by atoms with Gasteiger partial charge in [0.25, 0.3) is 0 Å². The molecule has 0 spiro atoms. The van der Waals surface area contributed by atoms with E-state index in [2.05, 4.69) is 5.92 Å². The number of aromatic carboxylic acids is 2. The zero-order valence-corrected chi connectivity index (χ0v) is 12.6. The minimum Gasteiger partial charge on any atom is -0.478 e. The molecule has 0 aliphatic carbocycles. The second-order valence-electron chi connectivity index (χ2n) is 4.93. The predicted octanol–water partition coefficient (Wildman–Crippen LogP) is 3.47. The van der Waals surface area contributed by atoms with Crippen LogP contribution in [0.15, 0.2) is 30.3 Å². The summed E-state index contributed by atoms with van der Waals surface area (Å²) in [5.41, 5.74) is 1.05. The number of hydrogen-bond donors (Lipinski definition) is 2. The molecule has 0 saturated carbocycles. The third-order valence-corrected chi connectivity index (χ3v) is 3.49. The van der Waals surface area contributed by atoms with Crippen molar-refractivity contribution in [1.29, 1.82) is 0 Å². The number of benzene rings is 2. The van der Waals surface area contributed by atoms with E-state index in [1.807, 2.05) is 0 Å². The summed E-state index contributed by atoms with van der Waals surface area (Å²) in [6.07, 6.45) is 5.28. The van der Waals surface area contributed by atoms with Gasteiger partial charge >= 0.3 is 11.9 Å². The fourth-order valence-electron chi connectivity index (χ4n) is 2.28. The highest BCUT2D eigenvalue weighted by atomic mass is 16.5. The highest BCUT2D eigenvalue weighted by Crippen LogP contribution is 2.32. The molecule has 0 fully saturated rings. The summed E-state index contributed by atoms with van der Waals surface area (Å²) >= 11 is 0. The number of rotatable bonds is 4. The monoisotopic (exact) mass is 310 g/mol. The van der Waals surface area contributed by atoms with E-state index in [9.17, 15) is 19.8 Å². The lowest BCUT2D eigenvalue weighted by Crippen LogP contribution is -2.10. The van der Waals surface area contributed by atoms with Crippen LogP contribution in [-0.4, -0.2) is 22.2 Å². The van der Waals surface area contributed by atoms with Crippen LogP contribution in [0.1, 0.15) is 37.4 Å². The number of carboxylic acids is 2. The van der Waals surface area contributed by atoms with Crippen LogP contribution < -0.4 is 4.74 Å². The Bertz CT molecular complexity index is 826. The lowest BCUT2D eigenvalue weighted by Gasteiger charge is -2.15. The summed E-state index contributed by atoms with van der Waals surface area (Å²) in [4.78, 5) is 22.8. The molecule has 2 aromatic carbocycles. The third-order valence-electron chi connectivity index (χ3n) is 3.49. The molecule has 0 unspecified atom stereocenters. The molecule has 23 heavy (non-hydrogen) atoms. The summed E-state index contributed by atoms with van der Waals surface area (Å²) in [7, 11) is 0. The zero-order chi connectivity index (χ0) is 17.1. The van der Waals surface area contributed by atoms with Gasteiger partial charge in [-0.15, -0.1) is 6.42 Å². The minimum atomic E-state index is -1.21. The molecule has 0 aromatic heterocycles. The van der Waals surface area contributed by atoms with Crippen molar-refractivity contribution in [3.05, 3.63) is 58.1 Å². The third kappa shape index (κ3) is 3.16. The maximum absolute atomic E-state index is 11.4. The van der Waals surface area contributed by atoms with Gasteiger partial charge in [-0.3, -0.25) is 0 Å². The molecular formula is C18H14O5. The van der Waals surface area contributed by atoms with Gasteiger partial charge < -0.3 is 14.9 Å². The normalized spacial score (nSPS) is 9.96. The summed E-state index contributed by atoms with van der Waals surface area (Å²) in [6.45, 7) is 3.04. The Morgan fingerprint density at radius 3 is 2.13 bits per heavy atom. The quantitative estimate of drug-likeness (QED) is 0.845. The van der Waals surface area contributed by atoms with E-state index in [-0.39, 0.29) is 22.4 Å². The van der Waals surface area contributed by atoms with Gasteiger partial charge in [-0.05, 0) is 49.7 Å². The van der Waals surface area contributed by atoms with Crippen molar-refractivity contribution in [2.24, 2.45) is 0 Å². The standard InChI is InChI=1S/C18H14O5/c1-4-12-5-7-13(8-6-12)23-15-9-14(17(19)20)10(2)16(11(15)3)18(21)22/h1,5-9H,2-3H3,(H,19,20)(H,21,22). The van der Waals surface area contributed by atoms with E-state index in [0.29, 0.717) is 16.9 Å². The first-order chi connectivity index (χ1) is 10.8. The van der Waals surface area contributed by atoms with E-state index in [4.69, 9.17) is 11.2 Å². The van der Waals surface area contributed by atoms with E-state index in [0.717, 1.165) is 0 Å². The molecule has 0 heterocycles. The highest BCUT2D eigenvalue weighted by Gasteiger charge is 2.22. The molecule has 2 rings (SSSR count). The van der Waals surface area contributed by atoms with Crippen molar-refractivity contribution in [3.8, 4) is 23.8 Å². The van der Waals surface area contributed by atoms with Gasteiger partial charge in [0.2, 0.25) is 0 Å². The maximum Gasteiger partial charge on any atom is 0.336 e. The van der Waals surface area contributed by atoms with Crippen molar-refractivity contribution in [3.63, 3.8) is 0 Å². The van der Waals surface area contributed by atoms with Crippen LogP contribution >= 0.6 is 0 Å². The number of terminal acetylenes is 1. The Hall–Kier alpha value is -3.26. The molecule has 116 valence electrons. The second kappa shape index (κ2) is 6.24. The molecule has 0 bridgehead atoms. The highest BCUT2D eigenvalue weighted by molar-refractivity contribution is 5.98. The van der Waals surface area contributed by atoms with Crippen molar-refractivity contribution >= 4 is 11.9 Å². The number of ether oxygens (including phenoxy) is 1. The van der Waals surface area contributed by atoms with E-state index in [1.54, 1.807) is 31.2 Å². The van der Waals surface area contributed by atoms with Gasteiger partial charge in [-0.1, -0.05) is 5.92 Å². The van der Waals surface area contributed by atoms with Crippen LogP contribution in [0.3, 0.4) is 0 Å². The summed E-state index contributed by atoms with van der Waals surface area (Å²) < 4.78 is 5.65. The molecule has 0 saturated heterocycles. The second-order valence-corrected chi connectivity index (χ2v) is 4.93. The lowest BCUT2D eigenvalue weighted by atomic mass is 9.96.